The molecule has 3 fully saturated rings. The van der Waals surface area contributed by atoms with Crippen LogP contribution in [0.1, 0.15) is 41.0 Å². The van der Waals surface area contributed by atoms with Crippen molar-refractivity contribution in [1.29, 1.82) is 0 Å². The van der Waals surface area contributed by atoms with Crippen molar-refractivity contribution in [3.63, 3.8) is 0 Å². The number of phenolic OH excluding ortho intramolecular Hbond substituents is 1. The van der Waals surface area contributed by atoms with Gasteiger partial charge < -0.3 is 9.84 Å². The highest BCUT2D eigenvalue weighted by Gasteiger charge is 2.70. The predicted molar refractivity (Wildman–Crippen MR) is 192 cm³/mol. The average Bonchev–Trinajstić information content (AvgIpc) is 3.51. The maximum atomic E-state index is 15.2. The zero-order valence-corrected chi connectivity index (χ0v) is 29.1. The number of amides is 4. The number of hydrogen-bond donors (Lipinski definition) is 2. The number of nitrogens with zero attached hydrogens (tertiary/aromatic N) is 2. The summed E-state index contributed by atoms with van der Waals surface area (Å²) in [5.74, 6) is -5.08. The largest absolute Gasteiger partial charge is 0.508 e. The minimum Gasteiger partial charge on any atom is -0.508 e. The molecule has 4 aromatic carbocycles. The van der Waals surface area contributed by atoms with E-state index < -0.39 is 46.8 Å². The van der Waals surface area contributed by atoms with Crippen molar-refractivity contribution >= 4 is 46.6 Å². The van der Waals surface area contributed by atoms with Crippen molar-refractivity contribution in [3.05, 3.63) is 130 Å². The van der Waals surface area contributed by atoms with Crippen LogP contribution in [0.2, 0.25) is 5.02 Å². The van der Waals surface area contributed by atoms with E-state index in [0.29, 0.717) is 33.3 Å². The highest BCUT2D eigenvalue weighted by Crippen LogP contribution is 2.65. The average molecular weight is 702 g/mol. The van der Waals surface area contributed by atoms with Crippen molar-refractivity contribution in [1.82, 2.24) is 5.01 Å². The molecule has 9 nitrogen and oxygen atoms in total. The molecule has 2 heterocycles. The van der Waals surface area contributed by atoms with Gasteiger partial charge in [0.1, 0.15) is 11.5 Å². The summed E-state index contributed by atoms with van der Waals surface area (Å²) in [5.41, 5.74) is 6.20. The summed E-state index contributed by atoms with van der Waals surface area (Å²) in [6, 6.07) is 26.7. The van der Waals surface area contributed by atoms with E-state index in [-0.39, 0.29) is 30.4 Å². The molecule has 10 heteroatoms. The third-order valence-corrected chi connectivity index (χ3v) is 11.8. The maximum Gasteiger partial charge on any atom is 0.260 e. The van der Waals surface area contributed by atoms with Crippen LogP contribution in [0, 0.1) is 37.5 Å². The van der Waals surface area contributed by atoms with E-state index in [1.165, 1.54) is 18.1 Å². The zero-order valence-electron chi connectivity index (χ0n) is 28.3. The molecule has 0 aromatic heterocycles. The number of benzene rings is 4. The Balaban J connectivity index is 1.32. The lowest BCUT2D eigenvalue weighted by Crippen LogP contribution is -2.53. The second-order valence-corrected chi connectivity index (χ2v) is 14.4. The van der Waals surface area contributed by atoms with Gasteiger partial charge in [-0.25, -0.2) is 4.90 Å². The Morgan fingerprint density at radius 1 is 0.863 bits per heavy atom. The van der Waals surface area contributed by atoms with Crippen LogP contribution in [0.3, 0.4) is 0 Å². The van der Waals surface area contributed by atoms with Crippen LogP contribution in [-0.4, -0.2) is 40.9 Å². The SMILES string of the molecule is COc1ccc(C2C3=CCC4C(=O)N(c5ccc(C)c(Cl)c5)C(=O)C4C3CC3C(=O)N(Nc4ccc(C)cc4)C(=O)C32c2ccccc2)c(O)c1. The van der Waals surface area contributed by atoms with Crippen LogP contribution in [0.25, 0.3) is 0 Å². The van der Waals surface area contributed by atoms with Gasteiger partial charge in [-0.05, 0) is 74.1 Å². The van der Waals surface area contributed by atoms with Gasteiger partial charge in [-0.2, -0.15) is 5.01 Å². The Bertz CT molecular complexity index is 2150. The fraction of sp³-hybridized carbons (Fsp3) is 0.268. The summed E-state index contributed by atoms with van der Waals surface area (Å²) in [6.07, 6.45) is 2.37. The first kappa shape index (κ1) is 32.8. The van der Waals surface area contributed by atoms with E-state index in [4.69, 9.17) is 16.3 Å². The first-order valence-corrected chi connectivity index (χ1v) is 17.4. The van der Waals surface area contributed by atoms with Crippen molar-refractivity contribution < 1.29 is 29.0 Å². The number of imide groups is 2. The van der Waals surface area contributed by atoms with E-state index >= 15 is 4.79 Å². The van der Waals surface area contributed by atoms with Gasteiger partial charge in [0.05, 0.1) is 41.7 Å². The molecule has 2 aliphatic carbocycles. The highest BCUT2D eigenvalue weighted by molar-refractivity contribution is 6.32. The molecule has 0 bridgehead atoms. The lowest BCUT2D eigenvalue weighted by Gasteiger charge is -2.50. The molecule has 4 amide bonds. The number of anilines is 2. The molecule has 4 aromatic rings. The lowest BCUT2D eigenvalue weighted by atomic mass is 9.49. The number of rotatable bonds is 6. The number of halogens is 1. The van der Waals surface area contributed by atoms with Gasteiger partial charge >= 0.3 is 0 Å². The van der Waals surface area contributed by atoms with Crippen LogP contribution in [-0.2, 0) is 24.6 Å². The summed E-state index contributed by atoms with van der Waals surface area (Å²) >= 11 is 6.45. The fourth-order valence-electron chi connectivity index (χ4n) is 8.96. The second kappa shape index (κ2) is 12.1. The van der Waals surface area contributed by atoms with Crippen LogP contribution in [0.15, 0.2) is 103 Å². The number of fused-ring (bicyclic) bond motifs is 4. The molecule has 6 atom stereocenters. The summed E-state index contributed by atoms with van der Waals surface area (Å²) in [7, 11) is 1.50. The van der Waals surface area contributed by atoms with Crippen molar-refractivity contribution in [2.24, 2.45) is 23.7 Å². The van der Waals surface area contributed by atoms with Gasteiger partial charge in [-0.15, -0.1) is 0 Å². The third-order valence-electron chi connectivity index (χ3n) is 11.4. The number of ether oxygens (including phenoxy) is 1. The molecule has 0 radical (unpaired) electrons. The summed E-state index contributed by atoms with van der Waals surface area (Å²) in [4.78, 5) is 59.8. The molecule has 4 aliphatic rings. The third kappa shape index (κ3) is 4.82. The summed E-state index contributed by atoms with van der Waals surface area (Å²) < 4.78 is 5.41. The number of nitrogens with one attached hydrogen (secondary N) is 1. The quantitative estimate of drug-likeness (QED) is 0.167. The molecule has 8 rings (SSSR count). The minimum atomic E-state index is -1.49. The van der Waals surface area contributed by atoms with Crippen LogP contribution < -0.4 is 15.1 Å². The number of aromatic hydroxyl groups is 1. The van der Waals surface area contributed by atoms with Crippen LogP contribution >= 0.6 is 11.6 Å². The lowest BCUT2D eigenvalue weighted by molar-refractivity contribution is -0.138. The first-order valence-electron chi connectivity index (χ1n) is 17.0. The molecule has 51 heavy (non-hydrogen) atoms. The van der Waals surface area contributed by atoms with Gasteiger partial charge in [0.2, 0.25) is 11.8 Å². The number of carbonyl (C=O) groups is 4. The van der Waals surface area contributed by atoms with Crippen LogP contribution in [0.4, 0.5) is 11.4 Å². The van der Waals surface area contributed by atoms with Gasteiger partial charge in [0.15, 0.2) is 0 Å². The number of allylic oxidation sites excluding steroid dienone is 2. The normalized spacial score (nSPS) is 26.8. The molecular formula is C41H36ClN3O6. The molecule has 2 N–H and O–H groups in total. The highest BCUT2D eigenvalue weighted by atomic mass is 35.5. The molecule has 6 unspecified atom stereocenters. The minimum absolute atomic E-state index is 0.105. The number of carbonyl (C=O) groups excluding carboxylic acids is 4. The standard InChI is InChI=1S/C41H36ClN3O6/c1-22-9-12-25(13-10-22)43-45-38(48)32-21-31-28(17-18-30-35(31)39(49)44(37(30)47)26-14-11-23(2)33(42)19-26)36(29-16-15-27(51-3)20-34(29)46)41(32,40(45)50)24-7-5-4-6-8-24/h4-17,19-20,30-32,35-36,43,46H,18,21H2,1-3H3. The Hall–Kier alpha value is -5.41. The Morgan fingerprint density at radius 2 is 1.61 bits per heavy atom. The van der Waals surface area contributed by atoms with Crippen molar-refractivity contribution in [2.75, 3.05) is 17.4 Å². The Labute approximate surface area is 300 Å². The molecule has 258 valence electrons. The van der Waals surface area contributed by atoms with Gasteiger partial charge in [-0.3, -0.25) is 24.6 Å². The second-order valence-electron chi connectivity index (χ2n) is 14.0. The van der Waals surface area contributed by atoms with Crippen molar-refractivity contribution in [2.45, 2.75) is 38.0 Å². The number of methoxy groups -OCH3 is 1. The number of phenols is 1. The van der Waals surface area contributed by atoms with E-state index in [1.807, 2.05) is 74.5 Å². The molecule has 2 aliphatic heterocycles. The molecule has 2 saturated heterocycles. The van der Waals surface area contributed by atoms with Gasteiger partial charge in [0.25, 0.3) is 11.8 Å². The maximum absolute atomic E-state index is 15.2. The van der Waals surface area contributed by atoms with E-state index in [0.717, 1.165) is 21.7 Å². The fourth-order valence-corrected chi connectivity index (χ4v) is 9.14. The van der Waals surface area contributed by atoms with E-state index in [1.54, 1.807) is 30.3 Å². The van der Waals surface area contributed by atoms with Crippen LogP contribution in [0.5, 0.6) is 11.5 Å². The molecule has 0 spiro atoms. The Kier molecular flexibility index (Phi) is 7.79. The molecule has 1 saturated carbocycles. The van der Waals surface area contributed by atoms with E-state index in [2.05, 4.69) is 5.43 Å². The molecular weight excluding hydrogens is 666 g/mol. The van der Waals surface area contributed by atoms with Gasteiger partial charge in [0, 0.05) is 22.6 Å². The summed E-state index contributed by atoms with van der Waals surface area (Å²) in [6.45, 7) is 3.80. The monoisotopic (exact) mass is 701 g/mol. The first-order chi connectivity index (χ1) is 24.6. The number of hydrazine groups is 1. The smallest absolute Gasteiger partial charge is 0.260 e. The van der Waals surface area contributed by atoms with E-state index in [9.17, 15) is 19.5 Å². The van der Waals surface area contributed by atoms with Gasteiger partial charge in [-0.1, -0.05) is 83.4 Å². The van der Waals surface area contributed by atoms with Crippen molar-refractivity contribution in [3.8, 4) is 11.5 Å². The predicted octanol–water partition coefficient (Wildman–Crippen LogP) is 6.86. The number of hydrogen-bond acceptors (Lipinski definition) is 7. The number of aryl methyl sites for hydroxylation is 2. The summed E-state index contributed by atoms with van der Waals surface area (Å²) in [5, 5.41) is 13.2. The topological polar surface area (TPSA) is 116 Å². The Morgan fingerprint density at radius 3 is 2.29 bits per heavy atom. The zero-order chi connectivity index (χ0) is 35.8.